The Morgan fingerprint density at radius 1 is 1.03 bits per heavy atom. The molecule has 2 aromatic carbocycles. The van der Waals surface area contributed by atoms with Crippen LogP contribution in [0.15, 0.2) is 53.7 Å². The van der Waals surface area contributed by atoms with E-state index in [9.17, 15) is 4.79 Å². The Labute approximate surface area is 201 Å². The van der Waals surface area contributed by atoms with Gasteiger partial charge in [0.2, 0.25) is 5.91 Å². The molecule has 0 saturated heterocycles. The molecule has 7 heteroatoms. The van der Waals surface area contributed by atoms with Crippen LogP contribution in [0.1, 0.15) is 63.6 Å². The largest absolute Gasteiger partial charge is 0.482 e. The first-order valence-electron chi connectivity index (χ1n) is 11.4. The fraction of sp³-hybridized carbons (Fsp3) is 0.423. The molecule has 0 aliphatic carbocycles. The Morgan fingerprint density at radius 2 is 1.73 bits per heavy atom. The van der Waals surface area contributed by atoms with E-state index < -0.39 is 0 Å². The molecular formula is C26H34N4O2S. The van der Waals surface area contributed by atoms with Gasteiger partial charge in [0.1, 0.15) is 5.75 Å². The van der Waals surface area contributed by atoms with Crippen molar-refractivity contribution in [3.8, 4) is 5.75 Å². The zero-order valence-electron chi connectivity index (χ0n) is 20.3. The molecule has 1 atom stereocenters. The number of carbonyl (C=O) groups is 1. The molecule has 1 heterocycles. The maximum Gasteiger partial charge on any atom is 0.234 e. The number of aryl methyl sites for hydroxylation is 1. The minimum atomic E-state index is -0.271. The van der Waals surface area contributed by atoms with E-state index in [0.29, 0.717) is 11.8 Å². The third kappa shape index (κ3) is 6.84. The van der Waals surface area contributed by atoms with Crippen LogP contribution < -0.4 is 10.1 Å². The van der Waals surface area contributed by atoms with Gasteiger partial charge >= 0.3 is 0 Å². The first kappa shape index (κ1) is 24.8. The smallest absolute Gasteiger partial charge is 0.234 e. The fourth-order valence-electron chi connectivity index (χ4n) is 3.52. The molecule has 3 aromatic rings. The fourth-order valence-corrected chi connectivity index (χ4v) is 4.27. The maximum absolute atomic E-state index is 12.5. The summed E-state index contributed by atoms with van der Waals surface area (Å²) in [5.74, 6) is 2.58. The highest BCUT2D eigenvalue weighted by atomic mass is 32.2. The summed E-state index contributed by atoms with van der Waals surface area (Å²) >= 11 is 1.39. The summed E-state index contributed by atoms with van der Waals surface area (Å²) in [7, 11) is 0. The normalized spacial score (nSPS) is 12.2. The van der Waals surface area contributed by atoms with Gasteiger partial charge in [-0.2, -0.15) is 0 Å². The lowest BCUT2D eigenvalue weighted by Crippen LogP contribution is -2.17. The maximum atomic E-state index is 12.5. The Bertz CT molecular complexity index is 1060. The van der Waals surface area contributed by atoms with E-state index in [4.69, 9.17) is 4.74 Å². The molecular weight excluding hydrogens is 432 g/mol. The number of rotatable bonds is 10. The van der Waals surface area contributed by atoms with Gasteiger partial charge < -0.3 is 14.6 Å². The van der Waals surface area contributed by atoms with E-state index in [-0.39, 0.29) is 17.8 Å². The standard InChI is InChI=1S/C26H34N4O2S/c1-17(2)15-30-25(20(6)32-23-10-8-7-9-22(23)18(3)4)28-29-26(30)33-16-24(31)27-21-13-11-19(5)12-14-21/h7-14,17-18,20H,15-16H2,1-6H3,(H,27,31). The lowest BCUT2D eigenvalue weighted by atomic mass is 10.0. The van der Waals surface area contributed by atoms with Crippen LogP contribution in [0, 0.1) is 12.8 Å². The molecule has 1 aromatic heterocycles. The number of nitrogens with one attached hydrogen (secondary N) is 1. The van der Waals surface area contributed by atoms with Gasteiger partial charge in [-0.15, -0.1) is 10.2 Å². The Hall–Kier alpha value is -2.80. The van der Waals surface area contributed by atoms with Crippen molar-refractivity contribution in [2.45, 2.75) is 65.3 Å². The van der Waals surface area contributed by atoms with Crippen LogP contribution in [0.25, 0.3) is 0 Å². The first-order valence-corrected chi connectivity index (χ1v) is 12.4. The van der Waals surface area contributed by atoms with E-state index >= 15 is 0 Å². The van der Waals surface area contributed by atoms with Gasteiger partial charge in [0.25, 0.3) is 0 Å². The van der Waals surface area contributed by atoms with Gasteiger partial charge in [-0.05, 0) is 49.4 Å². The number of ether oxygens (including phenoxy) is 1. The number of amides is 1. The number of aromatic nitrogens is 3. The van der Waals surface area contributed by atoms with Crippen molar-refractivity contribution >= 4 is 23.4 Å². The third-order valence-electron chi connectivity index (χ3n) is 5.17. The minimum Gasteiger partial charge on any atom is -0.482 e. The van der Waals surface area contributed by atoms with Crippen molar-refractivity contribution in [1.82, 2.24) is 14.8 Å². The molecule has 0 aliphatic rings. The summed E-state index contributed by atoms with van der Waals surface area (Å²) in [6.45, 7) is 13.4. The lowest BCUT2D eigenvalue weighted by Gasteiger charge is -2.20. The summed E-state index contributed by atoms with van der Waals surface area (Å²) in [5, 5.41) is 12.5. The second-order valence-corrected chi connectivity index (χ2v) is 9.94. The third-order valence-corrected chi connectivity index (χ3v) is 6.14. The van der Waals surface area contributed by atoms with Crippen LogP contribution in [0.3, 0.4) is 0 Å². The highest BCUT2D eigenvalue weighted by Crippen LogP contribution is 2.31. The predicted molar refractivity (Wildman–Crippen MR) is 135 cm³/mol. The summed E-state index contributed by atoms with van der Waals surface area (Å²) in [6.07, 6.45) is -0.271. The molecule has 1 amide bonds. The molecule has 6 nitrogen and oxygen atoms in total. The van der Waals surface area contributed by atoms with Crippen LogP contribution in [-0.4, -0.2) is 26.4 Å². The van der Waals surface area contributed by atoms with Crippen molar-refractivity contribution in [1.29, 1.82) is 0 Å². The molecule has 33 heavy (non-hydrogen) atoms. The van der Waals surface area contributed by atoms with Crippen LogP contribution in [0.5, 0.6) is 5.75 Å². The van der Waals surface area contributed by atoms with Crippen LogP contribution in [0.4, 0.5) is 5.69 Å². The van der Waals surface area contributed by atoms with Crippen LogP contribution in [0.2, 0.25) is 0 Å². The van der Waals surface area contributed by atoms with E-state index in [1.165, 1.54) is 17.3 Å². The highest BCUT2D eigenvalue weighted by Gasteiger charge is 2.22. The van der Waals surface area contributed by atoms with Crippen molar-refractivity contribution in [2.24, 2.45) is 5.92 Å². The Balaban J connectivity index is 1.72. The number of nitrogens with zero attached hydrogens (tertiary/aromatic N) is 3. The average molecular weight is 467 g/mol. The molecule has 0 bridgehead atoms. The number of benzene rings is 2. The van der Waals surface area contributed by atoms with Gasteiger partial charge in [-0.3, -0.25) is 4.79 Å². The molecule has 176 valence electrons. The molecule has 0 fully saturated rings. The van der Waals surface area contributed by atoms with Crippen molar-refractivity contribution in [2.75, 3.05) is 11.1 Å². The molecule has 0 saturated carbocycles. The van der Waals surface area contributed by atoms with E-state index in [2.05, 4.69) is 53.8 Å². The number of hydrogen-bond acceptors (Lipinski definition) is 5. The van der Waals surface area contributed by atoms with Crippen LogP contribution >= 0.6 is 11.8 Å². The molecule has 1 N–H and O–H groups in total. The van der Waals surface area contributed by atoms with Gasteiger partial charge in [0, 0.05) is 12.2 Å². The molecule has 1 unspecified atom stereocenters. The summed E-state index contributed by atoms with van der Waals surface area (Å²) in [5.41, 5.74) is 3.12. The van der Waals surface area contributed by atoms with Gasteiger partial charge in [0.05, 0.1) is 5.75 Å². The number of thioether (sulfide) groups is 1. The quantitative estimate of drug-likeness (QED) is 0.358. The SMILES string of the molecule is Cc1ccc(NC(=O)CSc2nnc(C(C)Oc3ccccc3C(C)C)n2CC(C)C)cc1. The summed E-state index contributed by atoms with van der Waals surface area (Å²) in [4.78, 5) is 12.5. The second-order valence-electron chi connectivity index (χ2n) is 9.00. The van der Waals surface area contributed by atoms with Gasteiger partial charge in [-0.1, -0.05) is 75.4 Å². The molecule has 0 radical (unpaired) electrons. The topological polar surface area (TPSA) is 69.0 Å². The van der Waals surface area contributed by atoms with Gasteiger partial charge in [0.15, 0.2) is 17.1 Å². The number of hydrogen-bond donors (Lipinski definition) is 1. The van der Waals surface area contributed by atoms with E-state index in [1.54, 1.807) is 0 Å². The number of para-hydroxylation sites is 1. The van der Waals surface area contributed by atoms with E-state index in [1.807, 2.05) is 56.3 Å². The van der Waals surface area contributed by atoms with Crippen molar-refractivity contribution in [3.05, 3.63) is 65.5 Å². The first-order chi connectivity index (χ1) is 15.7. The monoisotopic (exact) mass is 466 g/mol. The zero-order chi connectivity index (χ0) is 24.0. The Morgan fingerprint density at radius 3 is 2.39 bits per heavy atom. The van der Waals surface area contributed by atoms with Crippen molar-refractivity contribution < 1.29 is 9.53 Å². The highest BCUT2D eigenvalue weighted by molar-refractivity contribution is 7.99. The number of carbonyl (C=O) groups excluding carboxylic acids is 1. The lowest BCUT2D eigenvalue weighted by molar-refractivity contribution is -0.113. The Kier molecular flexibility index (Phi) is 8.55. The molecule has 3 rings (SSSR count). The summed E-state index contributed by atoms with van der Waals surface area (Å²) in [6, 6.07) is 15.9. The van der Waals surface area contributed by atoms with E-state index in [0.717, 1.165) is 34.5 Å². The molecule has 0 spiro atoms. The average Bonchev–Trinajstić information content (AvgIpc) is 3.16. The molecule has 0 aliphatic heterocycles. The minimum absolute atomic E-state index is 0.0698. The van der Waals surface area contributed by atoms with Crippen LogP contribution in [-0.2, 0) is 11.3 Å². The van der Waals surface area contributed by atoms with Gasteiger partial charge in [-0.25, -0.2) is 0 Å². The van der Waals surface area contributed by atoms with Crippen molar-refractivity contribution in [3.63, 3.8) is 0 Å². The number of anilines is 1. The second kappa shape index (κ2) is 11.4. The predicted octanol–water partition coefficient (Wildman–Crippen LogP) is 6.24. The summed E-state index contributed by atoms with van der Waals surface area (Å²) < 4.78 is 8.41. The zero-order valence-corrected chi connectivity index (χ0v) is 21.1.